The number of aldehydes is 1. The van der Waals surface area contributed by atoms with Crippen molar-refractivity contribution in [3.63, 3.8) is 0 Å². The van der Waals surface area contributed by atoms with E-state index in [0.717, 1.165) is 19.2 Å². The van der Waals surface area contributed by atoms with Gasteiger partial charge in [0.25, 0.3) is 5.56 Å². The van der Waals surface area contributed by atoms with Crippen LogP contribution in [-0.4, -0.2) is 73.5 Å². The summed E-state index contributed by atoms with van der Waals surface area (Å²) in [5, 5.41) is 12.9. The van der Waals surface area contributed by atoms with Gasteiger partial charge in [0.05, 0.1) is 27.9 Å². The molecule has 4 aromatic rings. The Morgan fingerprint density at radius 3 is 2.61 bits per heavy atom. The zero-order valence-corrected chi connectivity index (χ0v) is 25.0. The summed E-state index contributed by atoms with van der Waals surface area (Å²) in [6, 6.07) is 3.02. The number of carbonyl (C=O) groups is 2. The first kappa shape index (κ1) is 29.7. The number of anilines is 2. The highest BCUT2D eigenvalue weighted by molar-refractivity contribution is 6.33. The zero-order chi connectivity index (χ0) is 31.4. The highest BCUT2D eigenvalue weighted by Gasteiger charge is 2.30. The van der Waals surface area contributed by atoms with Crippen LogP contribution in [0, 0.1) is 11.6 Å². The van der Waals surface area contributed by atoms with E-state index < -0.39 is 40.0 Å². The largest absolute Gasteiger partial charge is 0.504 e. The van der Waals surface area contributed by atoms with Gasteiger partial charge >= 0.3 is 0 Å². The number of aromatic nitrogens is 4. The topological polar surface area (TPSA) is 126 Å². The summed E-state index contributed by atoms with van der Waals surface area (Å²) in [7, 11) is 2.06. The van der Waals surface area contributed by atoms with Gasteiger partial charge in [-0.25, -0.2) is 14.4 Å². The lowest BCUT2D eigenvalue weighted by molar-refractivity contribution is -0.116. The summed E-state index contributed by atoms with van der Waals surface area (Å²) in [5.74, 6) is -3.53. The van der Waals surface area contributed by atoms with E-state index in [1.807, 2.05) is 0 Å². The smallest absolute Gasteiger partial charge is 0.263 e. The number of carbonyl (C=O) groups excluding carboxylic acids is 2. The predicted molar refractivity (Wildman–Crippen MR) is 161 cm³/mol. The molecule has 0 spiro atoms. The first-order valence-electron chi connectivity index (χ1n) is 14.2. The zero-order valence-electron chi connectivity index (χ0n) is 24.3. The molecule has 44 heavy (non-hydrogen) atoms. The number of nitrogens with one attached hydrogen (secondary N) is 1. The second-order valence-electron chi connectivity index (χ2n) is 11.5. The number of fused-ring (bicyclic) bond motifs is 2. The Morgan fingerprint density at radius 1 is 1.18 bits per heavy atom. The minimum atomic E-state index is -1.62. The molecule has 14 heteroatoms. The summed E-state index contributed by atoms with van der Waals surface area (Å²) in [6.07, 6.45) is 4.20. The number of phenolic OH excluding ortho intramolecular Hbond substituents is 1. The molecular formula is C30H30ClF2N7O4. The number of aryl methyl sites for hydroxylation is 1. The van der Waals surface area contributed by atoms with Crippen LogP contribution < -0.4 is 15.8 Å². The molecule has 0 radical (unpaired) electrons. The van der Waals surface area contributed by atoms with Crippen molar-refractivity contribution >= 4 is 46.3 Å². The lowest BCUT2D eigenvalue weighted by Gasteiger charge is -2.44. The van der Waals surface area contributed by atoms with E-state index in [-0.39, 0.29) is 46.5 Å². The lowest BCUT2D eigenvalue weighted by Crippen LogP contribution is -2.56. The number of pyridine rings is 1. The average molecular weight is 626 g/mol. The molecule has 2 aliphatic heterocycles. The molecule has 1 fully saturated rings. The number of benzene rings is 1. The van der Waals surface area contributed by atoms with Gasteiger partial charge in [0.1, 0.15) is 23.8 Å². The normalized spacial score (nSPS) is 18.5. The highest BCUT2D eigenvalue weighted by Crippen LogP contribution is 2.36. The van der Waals surface area contributed by atoms with Crippen molar-refractivity contribution in [1.82, 2.24) is 24.0 Å². The van der Waals surface area contributed by atoms with Crippen molar-refractivity contribution in [3.8, 4) is 16.9 Å². The molecule has 1 aromatic carbocycles. The van der Waals surface area contributed by atoms with Crippen LogP contribution in [0.1, 0.15) is 36.5 Å². The summed E-state index contributed by atoms with van der Waals surface area (Å²) in [6.45, 7) is 5.95. The van der Waals surface area contributed by atoms with Crippen molar-refractivity contribution < 1.29 is 23.5 Å². The summed E-state index contributed by atoms with van der Waals surface area (Å²) in [4.78, 5) is 52.0. The van der Waals surface area contributed by atoms with Crippen molar-refractivity contribution in [2.75, 3.05) is 30.4 Å². The van der Waals surface area contributed by atoms with E-state index in [1.165, 1.54) is 21.5 Å². The SMILES string of the molecule is CC1CN(C)CC(C)N1c1cc(NC(=O)Cn2cc(-c3cc(C=O)c(O)c(F)c3F)c3c(=O)n4c(nc32)CCC4)c(Cl)cn1. The maximum absolute atomic E-state index is 15.2. The number of aromatic hydroxyl groups is 1. The fraction of sp³-hybridized carbons (Fsp3) is 0.367. The third-order valence-electron chi connectivity index (χ3n) is 8.26. The molecule has 2 unspecified atom stereocenters. The molecule has 1 saturated heterocycles. The maximum atomic E-state index is 15.2. The number of hydrogen-bond donors (Lipinski definition) is 2. The fourth-order valence-corrected chi connectivity index (χ4v) is 6.57. The number of amides is 1. The van der Waals surface area contributed by atoms with Gasteiger partial charge in [-0.3, -0.25) is 19.0 Å². The summed E-state index contributed by atoms with van der Waals surface area (Å²) < 4.78 is 32.6. The molecule has 1 amide bonds. The Morgan fingerprint density at radius 2 is 1.91 bits per heavy atom. The quantitative estimate of drug-likeness (QED) is 0.310. The van der Waals surface area contributed by atoms with Crippen molar-refractivity contribution in [3.05, 3.63) is 62.9 Å². The van der Waals surface area contributed by atoms with Crippen LogP contribution >= 0.6 is 11.6 Å². The van der Waals surface area contributed by atoms with Crippen molar-refractivity contribution in [2.24, 2.45) is 0 Å². The summed E-state index contributed by atoms with van der Waals surface area (Å²) >= 11 is 6.42. The lowest BCUT2D eigenvalue weighted by atomic mass is 10.0. The number of piperazine rings is 1. The van der Waals surface area contributed by atoms with E-state index >= 15 is 4.39 Å². The fourth-order valence-electron chi connectivity index (χ4n) is 6.42. The molecule has 230 valence electrons. The van der Waals surface area contributed by atoms with Crippen molar-refractivity contribution in [2.45, 2.75) is 51.9 Å². The van der Waals surface area contributed by atoms with Crippen molar-refractivity contribution in [1.29, 1.82) is 0 Å². The number of halogens is 3. The van der Waals surface area contributed by atoms with Crippen LogP contribution in [0.2, 0.25) is 5.02 Å². The predicted octanol–water partition coefficient (Wildman–Crippen LogP) is 3.82. The molecule has 11 nitrogen and oxygen atoms in total. The standard InChI is InChI=1S/C30H30ClF2N7O4/c1-15-10-37(3)11-16(2)40(15)23-8-21(20(31)9-34-23)35-24(42)13-38-12-19(18-7-17(14-41)28(43)27(33)26(18)32)25-29(38)36-22-5-4-6-39(22)30(25)44/h7-9,12,14-16,43H,4-6,10-11,13H2,1-3H3,(H,34,35,42). The Hall–Kier alpha value is -4.36. The molecule has 0 saturated carbocycles. The number of nitrogens with zero attached hydrogens (tertiary/aromatic N) is 6. The number of hydrogen-bond acceptors (Lipinski definition) is 8. The average Bonchev–Trinajstić information content (AvgIpc) is 3.59. The highest BCUT2D eigenvalue weighted by atomic mass is 35.5. The van der Waals surface area contributed by atoms with Crippen LogP contribution in [0.3, 0.4) is 0 Å². The first-order chi connectivity index (χ1) is 21.0. The van der Waals surface area contributed by atoms with Crippen LogP contribution in [0.25, 0.3) is 22.2 Å². The van der Waals surface area contributed by atoms with Gasteiger partial charge in [0.15, 0.2) is 17.9 Å². The van der Waals surface area contributed by atoms with Gasteiger partial charge in [0.2, 0.25) is 11.7 Å². The third-order valence-corrected chi connectivity index (χ3v) is 8.56. The first-order valence-corrected chi connectivity index (χ1v) is 14.6. The molecular weight excluding hydrogens is 596 g/mol. The van der Waals surface area contributed by atoms with E-state index in [1.54, 1.807) is 6.07 Å². The van der Waals surface area contributed by atoms with Gasteiger partial charge < -0.3 is 24.8 Å². The molecule has 6 rings (SSSR count). The minimum Gasteiger partial charge on any atom is -0.504 e. The maximum Gasteiger partial charge on any atom is 0.263 e. The van der Waals surface area contributed by atoms with Crippen LogP contribution in [0.4, 0.5) is 20.3 Å². The van der Waals surface area contributed by atoms with Gasteiger partial charge in [-0.05, 0) is 33.4 Å². The molecule has 0 bridgehead atoms. The van der Waals surface area contributed by atoms with Gasteiger partial charge in [-0.2, -0.15) is 4.39 Å². The number of rotatable bonds is 6. The van der Waals surface area contributed by atoms with E-state index in [0.29, 0.717) is 36.7 Å². The number of likely N-dealkylation sites (N-methyl/N-ethyl adjacent to an activating group) is 1. The molecule has 5 heterocycles. The molecule has 2 atom stereocenters. The van der Waals surface area contributed by atoms with Crippen LogP contribution in [-0.2, 0) is 24.3 Å². The van der Waals surface area contributed by atoms with Gasteiger partial charge in [-0.15, -0.1) is 0 Å². The molecule has 2 N–H and O–H groups in total. The minimum absolute atomic E-state index is 0.0356. The molecule has 3 aromatic heterocycles. The monoisotopic (exact) mass is 625 g/mol. The van der Waals surface area contributed by atoms with Crippen LogP contribution in [0.15, 0.2) is 29.3 Å². The van der Waals surface area contributed by atoms with E-state index in [2.05, 4.69) is 46.0 Å². The molecule has 2 aliphatic rings. The van der Waals surface area contributed by atoms with Gasteiger partial charge in [-0.1, -0.05) is 11.6 Å². The Kier molecular flexibility index (Phi) is 7.62. The van der Waals surface area contributed by atoms with Crippen LogP contribution in [0.5, 0.6) is 5.75 Å². The molecule has 0 aliphatic carbocycles. The Bertz CT molecular complexity index is 1880. The van der Waals surface area contributed by atoms with Gasteiger partial charge in [0, 0.05) is 61.5 Å². The second-order valence-corrected chi connectivity index (χ2v) is 11.9. The van der Waals surface area contributed by atoms with E-state index in [4.69, 9.17) is 11.6 Å². The summed E-state index contributed by atoms with van der Waals surface area (Å²) in [5.41, 5.74) is -0.993. The Balaban J connectivity index is 1.38. The van der Waals surface area contributed by atoms with E-state index in [9.17, 15) is 23.9 Å². The third kappa shape index (κ3) is 4.99. The number of phenols is 1. The second kappa shape index (κ2) is 11.3. The Labute approximate surface area is 255 Å².